The van der Waals surface area contributed by atoms with Crippen LogP contribution in [0.3, 0.4) is 0 Å². The summed E-state index contributed by atoms with van der Waals surface area (Å²) >= 11 is 4.62. The van der Waals surface area contributed by atoms with Crippen molar-refractivity contribution < 1.29 is 4.79 Å². The van der Waals surface area contributed by atoms with Gasteiger partial charge in [0, 0.05) is 5.75 Å². The lowest BCUT2D eigenvalue weighted by atomic mass is 10.0. The van der Waals surface area contributed by atoms with Crippen molar-refractivity contribution in [1.82, 2.24) is 0 Å². The van der Waals surface area contributed by atoms with Crippen molar-refractivity contribution in [2.75, 3.05) is 18.3 Å². The highest BCUT2D eigenvalue weighted by Gasteiger charge is 2.38. The van der Waals surface area contributed by atoms with Gasteiger partial charge in [0.15, 0.2) is 0 Å². The lowest BCUT2D eigenvalue weighted by Crippen LogP contribution is -2.26. The van der Waals surface area contributed by atoms with Gasteiger partial charge >= 0.3 is 0 Å². The van der Waals surface area contributed by atoms with Gasteiger partial charge in [-0.05, 0) is 25.9 Å². The summed E-state index contributed by atoms with van der Waals surface area (Å²) in [5.74, 6) is 0.912. The van der Waals surface area contributed by atoms with E-state index in [1.165, 1.54) is 11.8 Å². The number of nitrogens with zero attached hydrogens (tertiary/aromatic N) is 1. The molecule has 1 unspecified atom stereocenters. The maximum Gasteiger partial charge on any atom is 0.216 e. The Morgan fingerprint density at radius 1 is 1.54 bits per heavy atom. The third-order valence-corrected chi connectivity index (χ3v) is 4.94. The first-order valence-corrected chi connectivity index (χ1v) is 7.41. The third kappa shape index (κ3) is 2.67. The number of carbonyl (C=O) groups excluding carboxylic acids is 1. The summed E-state index contributed by atoms with van der Waals surface area (Å²) in [6.07, 6.45) is 4.86. The van der Waals surface area contributed by atoms with Crippen molar-refractivity contribution in [3.8, 4) is 0 Å². The van der Waals surface area contributed by atoms with E-state index >= 15 is 0 Å². The van der Waals surface area contributed by atoms with Crippen LogP contribution in [0.2, 0.25) is 0 Å². The molecule has 2 nitrogen and oxygen atoms in total. The molecule has 1 atom stereocenters. The molecule has 1 fully saturated rings. The third-order valence-electron chi connectivity index (χ3n) is 1.95. The summed E-state index contributed by atoms with van der Waals surface area (Å²) in [6.45, 7) is 1.93. The average molecular weight is 235 g/mol. The molecule has 0 N–H and O–H groups in total. The topological polar surface area (TPSA) is 29.4 Å². The lowest BCUT2D eigenvalue weighted by Gasteiger charge is -2.16. The van der Waals surface area contributed by atoms with E-state index in [0.29, 0.717) is 0 Å². The summed E-state index contributed by atoms with van der Waals surface area (Å²) in [5, 5.41) is 0.216. The summed E-state index contributed by atoms with van der Waals surface area (Å²) in [7, 11) is 0. The molecule has 1 saturated heterocycles. The van der Waals surface area contributed by atoms with Crippen LogP contribution in [-0.4, -0.2) is 33.3 Å². The standard InChI is InChI=1S/C8H13NOS3/c1-8(4-5-13-6(8)10)9-7(11-2)12-3/h4-5H2,1-3H3. The number of thioether (sulfide) groups is 3. The minimum Gasteiger partial charge on any atom is -0.284 e. The molecule has 74 valence electrons. The smallest absolute Gasteiger partial charge is 0.216 e. The molecule has 1 heterocycles. The highest BCUT2D eigenvalue weighted by molar-refractivity contribution is 8.38. The molecule has 0 radical (unpaired) electrons. The van der Waals surface area contributed by atoms with Crippen molar-refractivity contribution in [3.05, 3.63) is 0 Å². The van der Waals surface area contributed by atoms with E-state index in [1.54, 1.807) is 23.5 Å². The Labute approximate surface area is 91.7 Å². The van der Waals surface area contributed by atoms with Crippen molar-refractivity contribution in [1.29, 1.82) is 0 Å². The van der Waals surface area contributed by atoms with Gasteiger partial charge in [0.1, 0.15) is 9.91 Å². The second kappa shape index (κ2) is 4.75. The maximum absolute atomic E-state index is 11.5. The number of hydrogen-bond donors (Lipinski definition) is 0. The highest BCUT2D eigenvalue weighted by atomic mass is 32.2. The van der Waals surface area contributed by atoms with Crippen LogP contribution in [0.5, 0.6) is 0 Å². The molecule has 0 aliphatic carbocycles. The summed E-state index contributed by atoms with van der Waals surface area (Å²) < 4.78 is 0.998. The fraction of sp³-hybridized carbons (Fsp3) is 0.750. The molecule has 0 bridgehead atoms. The van der Waals surface area contributed by atoms with Gasteiger partial charge < -0.3 is 0 Å². The molecule has 5 heteroatoms. The fourth-order valence-electron chi connectivity index (χ4n) is 1.08. The number of rotatable bonds is 1. The molecule has 0 aromatic carbocycles. The van der Waals surface area contributed by atoms with Gasteiger partial charge in [-0.25, -0.2) is 0 Å². The SMILES string of the molecule is CSC(=NC1(C)CCSC1=O)SC. The average Bonchev–Trinajstić information content (AvgIpc) is 2.44. The van der Waals surface area contributed by atoms with E-state index in [0.717, 1.165) is 16.5 Å². The second-order valence-corrected chi connectivity index (χ2v) is 5.86. The minimum absolute atomic E-state index is 0.216. The second-order valence-electron chi connectivity index (χ2n) is 2.95. The molecular weight excluding hydrogens is 222 g/mol. The summed E-state index contributed by atoms with van der Waals surface area (Å²) in [5.41, 5.74) is -0.452. The van der Waals surface area contributed by atoms with Crippen LogP contribution in [0, 0.1) is 0 Å². The van der Waals surface area contributed by atoms with Crippen LogP contribution in [0.4, 0.5) is 0 Å². The Hall–Kier alpha value is 0.390. The van der Waals surface area contributed by atoms with Crippen molar-refractivity contribution >= 4 is 44.8 Å². The molecule has 13 heavy (non-hydrogen) atoms. The minimum atomic E-state index is -0.452. The van der Waals surface area contributed by atoms with Crippen LogP contribution < -0.4 is 0 Å². The normalized spacial score (nSPS) is 27.8. The molecule has 0 saturated carbocycles. The van der Waals surface area contributed by atoms with Gasteiger partial charge in [0.2, 0.25) is 5.12 Å². The van der Waals surface area contributed by atoms with Gasteiger partial charge in [-0.2, -0.15) is 0 Å². The van der Waals surface area contributed by atoms with E-state index in [2.05, 4.69) is 4.99 Å². The Balaban J connectivity index is 2.80. The Kier molecular flexibility index (Phi) is 4.19. The zero-order valence-corrected chi connectivity index (χ0v) is 10.4. The van der Waals surface area contributed by atoms with Crippen LogP contribution in [0.25, 0.3) is 0 Å². The lowest BCUT2D eigenvalue weighted by molar-refractivity contribution is -0.114. The zero-order valence-electron chi connectivity index (χ0n) is 7.99. The maximum atomic E-state index is 11.5. The zero-order chi connectivity index (χ0) is 9.90. The van der Waals surface area contributed by atoms with Gasteiger partial charge in [0.25, 0.3) is 0 Å². The molecule has 0 aromatic rings. The van der Waals surface area contributed by atoms with Crippen LogP contribution in [0.1, 0.15) is 13.3 Å². The van der Waals surface area contributed by atoms with Crippen LogP contribution >= 0.6 is 35.3 Å². The van der Waals surface area contributed by atoms with Crippen molar-refractivity contribution in [2.45, 2.75) is 18.9 Å². The van der Waals surface area contributed by atoms with Crippen LogP contribution in [0.15, 0.2) is 4.99 Å². The Morgan fingerprint density at radius 2 is 2.15 bits per heavy atom. The van der Waals surface area contributed by atoms with Gasteiger partial charge in [-0.1, -0.05) is 11.8 Å². The van der Waals surface area contributed by atoms with E-state index in [9.17, 15) is 4.79 Å². The van der Waals surface area contributed by atoms with Gasteiger partial charge in [-0.15, -0.1) is 23.5 Å². The van der Waals surface area contributed by atoms with Crippen molar-refractivity contribution in [2.24, 2.45) is 4.99 Å². The number of hydrogen-bond acceptors (Lipinski definition) is 5. The van der Waals surface area contributed by atoms with E-state index in [1.807, 2.05) is 19.4 Å². The number of aliphatic imine (C=N–C) groups is 1. The fourth-order valence-corrected chi connectivity index (χ4v) is 3.47. The predicted octanol–water partition coefficient (Wildman–Crippen LogP) is 2.49. The molecule has 1 aliphatic heterocycles. The first kappa shape index (κ1) is 11.5. The first-order valence-electron chi connectivity index (χ1n) is 3.97. The molecule has 1 rings (SSSR count). The monoisotopic (exact) mass is 235 g/mol. The molecule has 1 aliphatic rings. The summed E-state index contributed by atoms with van der Waals surface area (Å²) in [6, 6.07) is 0. The Morgan fingerprint density at radius 3 is 2.54 bits per heavy atom. The van der Waals surface area contributed by atoms with E-state index in [-0.39, 0.29) is 5.12 Å². The highest BCUT2D eigenvalue weighted by Crippen LogP contribution is 2.34. The Bertz CT molecular complexity index is 236. The predicted molar refractivity (Wildman–Crippen MR) is 65.0 cm³/mol. The largest absolute Gasteiger partial charge is 0.284 e. The summed E-state index contributed by atoms with van der Waals surface area (Å²) in [4.78, 5) is 16.0. The van der Waals surface area contributed by atoms with Crippen LogP contribution in [-0.2, 0) is 4.79 Å². The van der Waals surface area contributed by atoms with E-state index in [4.69, 9.17) is 0 Å². The van der Waals surface area contributed by atoms with E-state index < -0.39 is 5.54 Å². The molecule has 0 amide bonds. The van der Waals surface area contributed by atoms with Gasteiger partial charge in [-0.3, -0.25) is 9.79 Å². The quantitative estimate of drug-likeness (QED) is 0.516. The first-order chi connectivity index (χ1) is 6.12. The van der Waals surface area contributed by atoms with Crippen molar-refractivity contribution in [3.63, 3.8) is 0 Å². The molecular formula is C8H13NOS3. The van der Waals surface area contributed by atoms with Gasteiger partial charge in [0.05, 0.1) is 0 Å². The number of carbonyl (C=O) groups is 1. The molecule has 0 aromatic heterocycles. The molecule has 0 spiro atoms.